The van der Waals surface area contributed by atoms with Crippen LogP contribution in [0.2, 0.25) is 0 Å². The molecular formula is C36H57NO7S. The Morgan fingerprint density at radius 1 is 0.778 bits per heavy atom. The van der Waals surface area contributed by atoms with Crippen molar-refractivity contribution in [1.29, 1.82) is 0 Å². The van der Waals surface area contributed by atoms with Gasteiger partial charge in [0.25, 0.3) is 0 Å². The molecule has 0 aliphatic carbocycles. The summed E-state index contributed by atoms with van der Waals surface area (Å²) in [4.78, 5) is 10.7. The molecule has 2 aromatic rings. The zero-order chi connectivity index (χ0) is 33.1. The first-order valence-electron chi connectivity index (χ1n) is 17.0. The van der Waals surface area contributed by atoms with Gasteiger partial charge in [-0.25, -0.2) is 8.42 Å². The maximum atomic E-state index is 12.1. The number of rotatable bonds is 20. The van der Waals surface area contributed by atoms with Gasteiger partial charge in [0.15, 0.2) is 6.29 Å². The molecule has 1 aliphatic rings. The molecule has 0 radical (unpaired) electrons. The van der Waals surface area contributed by atoms with Crippen molar-refractivity contribution < 1.29 is 33.3 Å². The second kappa shape index (κ2) is 20.2. The largest absolute Gasteiger partial charge is 0.508 e. The van der Waals surface area contributed by atoms with E-state index in [4.69, 9.17) is 4.74 Å². The number of aryl methyl sites for hydroxylation is 1. The highest BCUT2D eigenvalue weighted by Gasteiger charge is 2.27. The molecule has 9 heteroatoms. The predicted molar refractivity (Wildman–Crippen MR) is 183 cm³/mol. The van der Waals surface area contributed by atoms with Crippen LogP contribution < -0.4 is 9.46 Å². The van der Waals surface area contributed by atoms with Crippen molar-refractivity contribution in [3.05, 3.63) is 41.5 Å². The third kappa shape index (κ3) is 15.8. The monoisotopic (exact) mass is 647 g/mol. The molecule has 0 aromatic heterocycles. The summed E-state index contributed by atoms with van der Waals surface area (Å²) in [6.07, 6.45) is 22.4. The number of fused-ring (bicyclic) bond motifs is 1. The van der Waals surface area contributed by atoms with E-state index in [0.717, 1.165) is 37.7 Å². The van der Waals surface area contributed by atoms with Crippen LogP contribution in [-0.4, -0.2) is 41.4 Å². The van der Waals surface area contributed by atoms with Gasteiger partial charge in [0.2, 0.25) is 10.0 Å². The molecule has 2 aromatic carbocycles. The van der Waals surface area contributed by atoms with Crippen LogP contribution in [0.25, 0.3) is 0 Å². The highest BCUT2D eigenvalue weighted by molar-refractivity contribution is 7.92. The molecule has 0 fully saturated rings. The van der Waals surface area contributed by atoms with Crippen molar-refractivity contribution in [1.82, 2.24) is 0 Å². The fraction of sp³-hybridized carbons (Fsp3) is 0.639. The Balaban J connectivity index is 0.000000388. The number of ether oxygens (including phenoxy) is 1. The van der Waals surface area contributed by atoms with Gasteiger partial charge in [0.1, 0.15) is 28.6 Å². The summed E-state index contributed by atoms with van der Waals surface area (Å²) in [5.41, 5.74) is 1.08. The molecule has 3 rings (SSSR count). The quantitative estimate of drug-likeness (QED) is 0.0487. The SMILES string of the molecule is CC1(C)CCc2cc(O)c(C=O)cc2O1.CCCCCCCCCCCCCCCCCCS(=O)(=O)Nc1cc(O)ccc1O. The number of sulfonamides is 1. The number of benzene rings is 2. The number of hydrogen-bond acceptors (Lipinski definition) is 7. The Morgan fingerprint density at radius 3 is 1.84 bits per heavy atom. The lowest BCUT2D eigenvalue weighted by Crippen LogP contribution is -2.32. The molecule has 8 nitrogen and oxygen atoms in total. The van der Waals surface area contributed by atoms with Crippen molar-refractivity contribution >= 4 is 22.0 Å². The molecule has 0 bridgehead atoms. The lowest BCUT2D eigenvalue weighted by molar-refractivity contribution is 0.0841. The fourth-order valence-electron chi connectivity index (χ4n) is 5.46. The van der Waals surface area contributed by atoms with Crippen molar-refractivity contribution in [2.75, 3.05) is 10.5 Å². The minimum atomic E-state index is -3.51. The molecule has 0 spiro atoms. The number of anilines is 1. The summed E-state index contributed by atoms with van der Waals surface area (Å²) in [6, 6.07) is 7.01. The molecule has 0 atom stereocenters. The lowest BCUT2D eigenvalue weighted by atomic mass is 9.93. The van der Waals surface area contributed by atoms with Gasteiger partial charge in [-0.3, -0.25) is 9.52 Å². The normalized spacial score (nSPS) is 13.7. The molecule has 45 heavy (non-hydrogen) atoms. The number of unbranched alkanes of at least 4 members (excludes halogenated alkanes) is 15. The van der Waals surface area contributed by atoms with Crippen LogP contribution >= 0.6 is 0 Å². The lowest BCUT2D eigenvalue weighted by Gasteiger charge is -2.32. The van der Waals surface area contributed by atoms with Crippen molar-refractivity contribution in [2.45, 2.75) is 142 Å². The Labute approximate surface area is 271 Å². The second-order valence-electron chi connectivity index (χ2n) is 12.9. The minimum absolute atomic E-state index is 0.0199. The third-order valence-electron chi connectivity index (χ3n) is 8.23. The summed E-state index contributed by atoms with van der Waals surface area (Å²) in [7, 11) is -3.51. The Kier molecular flexibility index (Phi) is 17.2. The number of carbonyl (C=O) groups excluding carboxylic acids is 1. The molecular weight excluding hydrogens is 590 g/mol. The van der Waals surface area contributed by atoms with E-state index in [9.17, 15) is 28.5 Å². The van der Waals surface area contributed by atoms with Gasteiger partial charge in [-0.2, -0.15) is 0 Å². The van der Waals surface area contributed by atoms with Crippen LogP contribution in [0.5, 0.6) is 23.0 Å². The van der Waals surface area contributed by atoms with Crippen molar-refractivity contribution in [3.63, 3.8) is 0 Å². The number of nitrogens with one attached hydrogen (secondary N) is 1. The number of phenols is 3. The zero-order valence-corrected chi connectivity index (χ0v) is 28.6. The van der Waals surface area contributed by atoms with E-state index in [0.29, 0.717) is 18.5 Å². The molecule has 0 unspecified atom stereocenters. The Hall–Kier alpha value is -2.94. The van der Waals surface area contributed by atoms with Gasteiger partial charge >= 0.3 is 0 Å². The highest BCUT2D eigenvalue weighted by Crippen LogP contribution is 2.36. The molecule has 1 aliphatic heterocycles. The summed E-state index contributed by atoms with van der Waals surface area (Å²) < 4.78 is 32.3. The summed E-state index contributed by atoms with van der Waals surface area (Å²) in [6.45, 7) is 6.29. The smallest absolute Gasteiger partial charge is 0.232 e. The van der Waals surface area contributed by atoms with Crippen molar-refractivity contribution in [3.8, 4) is 23.0 Å². The molecule has 0 amide bonds. The fourth-order valence-corrected chi connectivity index (χ4v) is 6.65. The molecule has 0 saturated heterocycles. The molecule has 4 N–H and O–H groups in total. The van der Waals surface area contributed by atoms with Crippen LogP contribution in [0.15, 0.2) is 30.3 Å². The number of hydrogen-bond donors (Lipinski definition) is 4. The average Bonchev–Trinajstić information content (AvgIpc) is 2.98. The van der Waals surface area contributed by atoms with E-state index >= 15 is 0 Å². The second-order valence-corrected chi connectivity index (χ2v) is 14.8. The first-order chi connectivity index (χ1) is 21.5. The van der Waals surface area contributed by atoms with Gasteiger partial charge in [-0.05, 0) is 62.9 Å². The minimum Gasteiger partial charge on any atom is -0.508 e. The standard InChI is InChI=1S/C24H43NO4S.C12H14O3/c1-2-3-4-5-6-7-8-9-10-11-12-13-14-15-16-17-20-30(28,29)25-23-21-22(26)18-19-24(23)27;1-12(2)4-3-8-5-10(14)9(7-13)6-11(8)15-12/h18-19,21,25-27H,2-17,20H2,1H3;5-7,14H,3-4H2,1-2H3. The van der Waals surface area contributed by atoms with E-state index in [1.54, 1.807) is 12.1 Å². The average molecular weight is 648 g/mol. The topological polar surface area (TPSA) is 133 Å². The molecule has 254 valence electrons. The van der Waals surface area contributed by atoms with E-state index in [-0.39, 0.29) is 39.9 Å². The van der Waals surface area contributed by atoms with Gasteiger partial charge in [0, 0.05) is 6.07 Å². The number of carbonyl (C=O) groups is 1. The number of phenolic OH excluding ortho intramolecular Hbond substituents is 3. The third-order valence-corrected chi connectivity index (χ3v) is 9.59. The summed E-state index contributed by atoms with van der Waals surface area (Å²) in [5.74, 6) is 0.495. The first kappa shape index (κ1) is 38.2. The van der Waals surface area contributed by atoms with E-state index in [2.05, 4.69) is 11.6 Å². The van der Waals surface area contributed by atoms with E-state index in [1.807, 2.05) is 13.8 Å². The van der Waals surface area contributed by atoms with Gasteiger partial charge in [-0.15, -0.1) is 0 Å². The maximum Gasteiger partial charge on any atom is 0.232 e. The number of aromatic hydroxyl groups is 3. The first-order valence-corrected chi connectivity index (χ1v) is 18.6. The molecule has 0 saturated carbocycles. The maximum absolute atomic E-state index is 12.1. The van der Waals surface area contributed by atoms with Crippen LogP contribution in [0.3, 0.4) is 0 Å². The van der Waals surface area contributed by atoms with Gasteiger partial charge < -0.3 is 20.1 Å². The van der Waals surface area contributed by atoms with Gasteiger partial charge in [-0.1, -0.05) is 103 Å². The van der Waals surface area contributed by atoms with Gasteiger partial charge in [0.05, 0.1) is 17.0 Å². The summed E-state index contributed by atoms with van der Waals surface area (Å²) in [5, 5.41) is 28.6. The van der Waals surface area contributed by atoms with E-state index < -0.39 is 10.0 Å². The van der Waals surface area contributed by atoms with Crippen LogP contribution in [0.4, 0.5) is 5.69 Å². The van der Waals surface area contributed by atoms with Crippen LogP contribution in [-0.2, 0) is 16.4 Å². The number of aldehydes is 1. The highest BCUT2D eigenvalue weighted by atomic mass is 32.2. The Bertz CT molecular complexity index is 1260. The molecule has 1 heterocycles. The van der Waals surface area contributed by atoms with Crippen molar-refractivity contribution in [2.24, 2.45) is 0 Å². The summed E-state index contributed by atoms with van der Waals surface area (Å²) >= 11 is 0. The Morgan fingerprint density at radius 2 is 1.31 bits per heavy atom. The predicted octanol–water partition coefficient (Wildman–Crippen LogP) is 9.41. The van der Waals surface area contributed by atoms with Crippen LogP contribution in [0, 0.1) is 0 Å². The van der Waals surface area contributed by atoms with Crippen LogP contribution in [0.1, 0.15) is 146 Å². The zero-order valence-electron chi connectivity index (χ0n) is 27.8. The van der Waals surface area contributed by atoms with E-state index in [1.165, 1.54) is 95.2 Å².